The number of nitrogens with one attached hydrogen (secondary N) is 2. The Morgan fingerprint density at radius 3 is 2.05 bits per heavy atom. The van der Waals surface area contributed by atoms with Crippen LogP contribution >= 0.6 is 0 Å². The van der Waals surface area contributed by atoms with Gasteiger partial charge >= 0.3 is 0 Å². The molecule has 0 aliphatic rings. The molecular formula is C13H11F3N2O2S. The molecule has 0 atom stereocenters. The topological polar surface area (TPSA) is 58.2 Å². The van der Waals surface area contributed by atoms with Crippen LogP contribution < -0.4 is 10.0 Å². The van der Waals surface area contributed by atoms with Gasteiger partial charge in [-0.1, -0.05) is 0 Å². The standard InChI is InChI=1S/C13H11F3N2O2S/c1-17-8-2-4-9(5-3-8)21(19,20)18-13-7-11(15)10(14)6-12(13)16/h2-7,17-18H,1H3. The Labute approximate surface area is 119 Å². The summed E-state index contributed by atoms with van der Waals surface area (Å²) in [6, 6.07) is 6.34. The molecule has 0 aromatic heterocycles. The maximum Gasteiger partial charge on any atom is 0.261 e. The minimum atomic E-state index is -4.10. The molecule has 0 unspecified atom stereocenters. The lowest BCUT2D eigenvalue weighted by Gasteiger charge is -2.10. The minimum absolute atomic E-state index is 0.134. The predicted molar refractivity (Wildman–Crippen MR) is 73.1 cm³/mol. The number of halogens is 3. The molecule has 0 saturated carbocycles. The summed E-state index contributed by atoms with van der Waals surface area (Å²) in [4.78, 5) is -0.134. The number of hydrogen-bond acceptors (Lipinski definition) is 3. The Balaban J connectivity index is 2.34. The highest BCUT2D eigenvalue weighted by Gasteiger charge is 2.18. The first-order valence-corrected chi connectivity index (χ1v) is 7.27. The number of rotatable bonds is 4. The summed E-state index contributed by atoms with van der Waals surface area (Å²) in [5.41, 5.74) is 0.0274. The molecule has 4 nitrogen and oxygen atoms in total. The van der Waals surface area contributed by atoms with Crippen LogP contribution in [-0.4, -0.2) is 15.5 Å². The van der Waals surface area contributed by atoms with Crippen molar-refractivity contribution in [3.63, 3.8) is 0 Å². The second kappa shape index (κ2) is 5.65. The molecule has 2 aromatic rings. The zero-order valence-corrected chi connectivity index (χ0v) is 11.6. The van der Waals surface area contributed by atoms with Crippen molar-refractivity contribution in [1.82, 2.24) is 0 Å². The molecular weight excluding hydrogens is 305 g/mol. The average Bonchev–Trinajstić information content (AvgIpc) is 2.44. The fourth-order valence-electron chi connectivity index (χ4n) is 1.61. The van der Waals surface area contributed by atoms with E-state index in [1.54, 1.807) is 7.05 Å². The van der Waals surface area contributed by atoms with Crippen LogP contribution in [-0.2, 0) is 10.0 Å². The van der Waals surface area contributed by atoms with Crippen LogP contribution in [0, 0.1) is 17.5 Å². The van der Waals surface area contributed by atoms with Gasteiger partial charge in [0.05, 0.1) is 10.6 Å². The maximum atomic E-state index is 13.5. The number of anilines is 2. The first-order valence-electron chi connectivity index (χ1n) is 5.78. The Morgan fingerprint density at radius 2 is 1.48 bits per heavy atom. The Bertz CT molecular complexity index is 762. The fourth-order valence-corrected chi connectivity index (χ4v) is 2.66. The van der Waals surface area contributed by atoms with E-state index in [1.165, 1.54) is 24.3 Å². The monoisotopic (exact) mass is 316 g/mol. The third-order valence-corrected chi connectivity index (χ3v) is 4.09. The maximum absolute atomic E-state index is 13.5. The van der Waals surface area contributed by atoms with Gasteiger partial charge in [0.15, 0.2) is 11.6 Å². The van der Waals surface area contributed by atoms with Crippen LogP contribution in [0.3, 0.4) is 0 Å². The Kier molecular flexibility index (Phi) is 4.08. The Hall–Kier alpha value is -2.22. The smallest absolute Gasteiger partial charge is 0.261 e. The molecule has 0 bridgehead atoms. The lowest BCUT2D eigenvalue weighted by Crippen LogP contribution is -2.14. The molecule has 21 heavy (non-hydrogen) atoms. The zero-order chi connectivity index (χ0) is 15.6. The van der Waals surface area contributed by atoms with Crippen LogP contribution in [0.4, 0.5) is 24.5 Å². The Morgan fingerprint density at radius 1 is 0.905 bits per heavy atom. The molecule has 0 aliphatic heterocycles. The minimum Gasteiger partial charge on any atom is -0.388 e. The van der Waals surface area contributed by atoms with Crippen LogP contribution in [0.5, 0.6) is 0 Å². The predicted octanol–water partition coefficient (Wildman–Crippen LogP) is 2.95. The molecule has 8 heteroatoms. The van der Waals surface area contributed by atoms with Gasteiger partial charge < -0.3 is 5.32 Å². The van der Waals surface area contributed by atoms with Crippen LogP contribution in [0.1, 0.15) is 0 Å². The van der Waals surface area contributed by atoms with E-state index < -0.39 is 33.2 Å². The van der Waals surface area contributed by atoms with Crippen LogP contribution in [0.25, 0.3) is 0 Å². The molecule has 0 heterocycles. The van der Waals surface area contributed by atoms with E-state index in [9.17, 15) is 21.6 Å². The largest absolute Gasteiger partial charge is 0.388 e. The van der Waals surface area contributed by atoms with Crippen molar-refractivity contribution in [2.45, 2.75) is 4.90 Å². The van der Waals surface area contributed by atoms with Crippen LogP contribution in [0.2, 0.25) is 0 Å². The normalized spacial score (nSPS) is 11.2. The summed E-state index contributed by atoms with van der Waals surface area (Å²) in [7, 11) is -2.43. The van der Waals surface area contributed by atoms with Gasteiger partial charge in [0.1, 0.15) is 5.82 Å². The molecule has 2 rings (SSSR count). The quantitative estimate of drug-likeness (QED) is 0.853. The summed E-state index contributed by atoms with van der Waals surface area (Å²) in [5, 5.41) is 2.81. The molecule has 2 N–H and O–H groups in total. The van der Waals surface area contributed by atoms with Crippen molar-refractivity contribution in [2.24, 2.45) is 0 Å². The summed E-state index contributed by atoms with van der Waals surface area (Å²) in [6.07, 6.45) is 0. The molecule has 2 aromatic carbocycles. The van der Waals surface area contributed by atoms with Gasteiger partial charge in [-0.15, -0.1) is 0 Å². The fraction of sp³-hybridized carbons (Fsp3) is 0.0769. The van der Waals surface area contributed by atoms with Gasteiger partial charge in [-0.05, 0) is 24.3 Å². The van der Waals surface area contributed by atoms with Crippen molar-refractivity contribution in [3.05, 3.63) is 53.8 Å². The van der Waals surface area contributed by atoms with E-state index in [0.29, 0.717) is 11.8 Å². The first-order chi connectivity index (χ1) is 9.83. The highest BCUT2D eigenvalue weighted by molar-refractivity contribution is 7.92. The van der Waals surface area contributed by atoms with Crippen molar-refractivity contribution >= 4 is 21.4 Å². The molecule has 0 spiro atoms. The third kappa shape index (κ3) is 3.27. The zero-order valence-electron chi connectivity index (χ0n) is 10.8. The van der Waals surface area contributed by atoms with Gasteiger partial charge in [-0.2, -0.15) is 0 Å². The third-order valence-electron chi connectivity index (χ3n) is 2.71. The van der Waals surface area contributed by atoms with Crippen molar-refractivity contribution in [1.29, 1.82) is 0 Å². The lowest BCUT2D eigenvalue weighted by atomic mass is 10.3. The molecule has 0 amide bonds. The molecule has 0 radical (unpaired) electrons. The van der Waals surface area contributed by atoms with Gasteiger partial charge in [0.25, 0.3) is 10.0 Å². The van der Waals surface area contributed by atoms with Gasteiger partial charge in [-0.3, -0.25) is 4.72 Å². The number of hydrogen-bond donors (Lipinski definition) is 2. The van der Waals surface area contributed by atoms with Gasteiger partial charge in [-0.25, -0.2) is 21.6 Å². The molecule has 112 valence electrons. The van der Waals surface area contributed by atoms with Crippen molar-refractivity contribution in [3.8, 4) is 0 Å². The highest BCUT2D eigenvalue weighted by atomic mass is 32.2. The summed E-state index contributed by atoms with van der Waals surface area (Å²) in [6.45, 7) is 0. The van der Waals surface area contributed by atoms with E-state index in [2.05, 4.69) is 5.32 Å². The molecule has 0 aliphatic carbocycles. The number of benzene rings is 2. The van der Waals surface area contributed by atoms with Gasteiger partial charge in [0.2, 0.25) is 0 Å². The molecule has 0 saturated heterocycles. The van der Waals surface area contributed by atoms with E-state index in [-0.39, 0.29) is 11.0 Å². The second-order valence-corrected chi connectivity index (χ2v) is 5.81. The second-order valence-electron chi connectivity index (χ2n) is 4.13. The van der Waals surface area contributed by atoms with Crippen molar-refractivity contribution in [2.75, 3.05) is 17.1 Å². The molecule has 0 fully saturated rings. The average molecular weight is 316 g/mol. The van der Waals surface area contributed by atoms with E-state index in [4.69, 9.17) is 0 Å². The first kappa shape index (κ1) is 15.2. The van der Waals surface area contributed by atoms with E-state index in [1.807, 2.05) is 4.72 Å². The highest BCUT2D eigenvalue weighted by Crippen LogP contribution is 2.22. The summed E-state index contributed by atoms with van der Waals surface area (Å²) < 4.78 is 65.3. The van der Waals surface area contributed by atoms with E-state index in [0.717, 1.165) is 0 Å². The van der Waals surface area contributed by atoms with E-state index >= 15 is 0 Å². The van der Waals surface area contributed by atoms with Gasteiger partial charge in [0, 0.05) is 24.9 Å². The SMILES string of the molecule is CNc1ccc(S(=O)(=O)Nc2cc(F)c(F)cc2F)cc1. The lowest BCUT2D eigenvalue weighted by molar-refractivity contribution is 0.496. The summed E-state index contributed by atoms with van der Waals surface area (Å²) in [5.74, 6) is -3.95. The summed E-state index contributed by atoms with van der Waals surface area (Å²) >= 11 is 0. The van der Waals surface area contributed by atoms with Crippen molar-refractivity contribution < 1.29 is 21.6 Å². The van der Waals surface area contributed by atoms with Crippen LogP contribution in [0.15, 0.2) is 41.3 Å². The number of sulfonamides is 1.